The van der Waals surface area contributed by atoms with E-state index in [1.54, 1.807) is 0 Å². The molecule has 6 aliphatic rings. The Morgan fingerprint density at radius 1 is 1.00 bits per heavy atom. The van der Waals surface area contributed by atoms with Crippen LogP contribution in [0.1, 0.15) is 44.1 Å². The van der Waals surface area contributed by atoms with Gasteiger partial charge in [-0.05, 0) is 74.0 Å². The first-order valence-corrected chi connectivity index (χ1v) is 13.2. The van der Waals surface area contributed by atoms with E-state index in [0.29, 0.717) is 24.7 Å². The van der Waals surface area contributed by atoms with Gasteiger partial charge < -0.3 is 19.7 Å². The molecule has 0 radical (unpaired) electrons. The molecule has 0 amide bonds. The summed E-state index contributed by atoms with van der Waals surface area (Å²) >= 11 is 0. The molecule has 1 aromatic carbocycles. The highest BCUT2D eigenvalue weighted by molar-refractivity contribution is 5.71. The van der Waals surface area contributed by atoms with Gasteiger partial charge in [0.2, 0.25) is 18.4 Å². The zero-order valence-corrected chi connectivity index (χ0v) is 20.4. The number of nitrogens with one attached hydrogen (secondary N) is 1. The maximum Gasteiger partial charge on any atom is 0.353 e. The summed E-state index contributed by atoms with van der Waals surface area (Å²) in [5.41, 5.74) is 1.15. The zero-order chi connectivity index (χ0) is 24.3. The van der Waals surface area contributed by atoms with Gasteiger partial charge in [0.15, 0.2) is 11.5 Å². The first-order chi connectivity index (χ1) is 17.5. The minimum absolute atomic E-state index is 0.0254. The number of ether oxygens (including phenoxy) is 2. The Balaban J connectivity index is 1.07. The van der Waals surface area contributed by atoms with Crippen LogP contribution in [-0.2, 0) is 6.54 Å². The molecular weight excluding hydrogens is 460 g/mol. The quantitative estimate of drug-likeness (QED) is 0.476. The van der Waals surface area contributed by atoms with Crippen molar-refractivity contribution in [1.29, 1.82) is 0 Å². The van der Waals surface area contributed by atoms with Crippen molar-refractivity contribution in [3.63, 3.8) is 0 Å². The molecule has 0 atom stereocenters. The standard InChI is InChI=1S/C26H32N6O4/c33-32(34)23-24(29-26-11-18-7-19(12-26)9-20(8-18)13-26)27-15-28-25(23)31-5-3-30(4-6-31)14-17-1-2-21-22(10-17)36-16-35-21/h1-2,10,15,18-20H,3-9,11-14,16H2,(H,27,28,29). The van der Waals surface area contributed by atoms with Gasteiger partial charge in [-0.3, -0.25) is 15.0 Å². The smallest absolute Gasteiger partial charge is 0.353 e. The van der Waals surface area contributed by atoms with Crippen molar-refractivity contribution < 1.29 is 14.4 Å². The van der Waals surface area contributed by atoms with Crippen LogP contribution in [0.15, 0.2) is 24.5 Å². The molecule has 3 heterocycles. The lowest BCUT2D eigenvalue weighted by molar-refractivity contribution is -0.383. The second-order valence-corrected chi connectivity index (χ2v) is 11.4. The summed E-state index contributed by atoms with van der Waals surface area (Å²) in [4.78, 5) is 25.2. The highest BCUT2D eigenvalue weighted by Crippen LogP contribution is 2.57. The molecule has 0 spiro atoms. The van der Waals surface area contributed by atoms with E-state index in [1.807, 2.05) is 17.0 Å². The Labute approximate surface area is 210 Å². The van der Waals surface area contributed by atoms with Crippen molar-refractivity contribution in [2.45, 2.75) is 50.6 Å². The molecule has 5 fully saturated rings. The molecule has 1 saturated heterocycles. The summed E-state index contributed by atoms with van der Waals surface area (Å²) in [6.07, 6.45) is 8.79. The fourth-order valence-electron chi connectivity index (χ4n) is 7.79. The number of piperazine rings is 1. The predicted molar refractivity (Wildman–Crippen MR) is 133 cm³/mol. The van der Waals surface area contributed by atoms with Gasteiger partial charge in [-0.2, -0.15) is 0 Å². The molecule has 8 rings (SSSR count). The molecule has 1 N–H and O–H groups in total. The van der Waals surface area contributed by atoms with Crippen molar-refractivity contribution >= 4 is 17.3 Å². The third-order valence-electron chi connectivity index (χ3n) is 8.92. The first-order valence-electron chi connectivity index (χ1n) is 13.2. The van der Waals surface area contributed by atoms with Crippen LogP contribution in [0.3, 0.4) is 0 Å². The molecule has 2 aliphatic heterocycles. The minimum Gasteiger partial charge on any atom is -0.454 e. The lowest BCUT2D eigenvalue weighted by Gasteiger charge is -2.57. The summed E-state index contributed by atoms with van der Waals surface area (Å²) in [6.45, 7) is 4.03. The maximum atomic E-state index is 12.3. The third-order valence-corrected chi connectivity index (χ3v) is 8.92. The number of fused-ring (bicyclic) bond motifs is 1. The highest BCUT2D eigenvalue weighted by Gasteiger charge is 2.51. The average Bonchev–Trinajstić information content (AvgIpc) is 3.31. The molecule has 10 nitrogen and oxygen atoms in total. The van der Waals surface area contributed by atoms with Crippen molar-refractivity contribution in [3.05, 3.63) is 40.2 Å². The van der Waals surface area contributed by atoms with E-state index in [0.717, 1.165) is 68.1 Å². The number of nitro groups is 1. The number of nitrogens with zero attached hydrogens (tertiary/aromatic N) is 5. The van der Waals surface area contributed by atoms with E-state index >= 15 is 0 Å². The molecule has 4 bridgehead atoms. The number of hydrogen-bond donors (Lipinski definition) is 1. The van der Waals surface area contributed by atoms with Crippen molar-refractivity contribution in [3.8, 4) is 11.5 Å². The molecule has 4 aliphatic carbocycles. The highest BCUT2D eigenvalue weighted by atomic mass is 16.7. The molecule has 2 aromatic rings. The number of aromatic nitrogens is 2. The number of hydrogen-bond acceptors (Lipinski definition) is 9. The van der Waals surface area contributed by atoms with Crippen LogP contribution in [0, 0.1) is 27.9 Å². The van der Waals surface area contributed by atoms with E-state index in [1.165, 1.54) is 31.2 Å². The minimum atomic E-state index is -0.294. The van der Waals surface area contributed by atoms with Gasteiger partial charge in [0.25, 0.3) is 0 Å². The molecule has 0 unspecified atom stereocenters. The number of benzene rings is 1. The Kier molecular flexibility index (Phi) is 5.20. The van der Waals surface area contributed by atoms with E-state index in [2.05, 4.69) is 26.3 Å². The topological polar surface area (TPSA) is 106 Å². The van der Waals surface area contributed by atoms with Gasteiger partial charge in [-0.25, -0.2) is 9.97 Å². The van der Waals surface area contributed by atoms with Crippen LogP contribution < -0.4 is 19.7 Å². The van der Waals surface area contributed by atoms with E-state index < -0.39 is 0 Å². The van der Waals surface area contributed by atoms with Crippen molar-refractivity contribution in [1.82, 2.24) is 14.9 Å². The van der Waals surface area contributed by atoms with Crippen LogP contribution in [0.25, 0.3) is 0 Å². The Morgan fingerprint density at radius 2 is 1.69 bits per heavy atom. The summed E-state index contributed by atoms with van der Waals surface area (Å²) in [6, 6.07) is 6.06. The predicted octanol–water partition coefficient (Wildman–Crippen LogP) is 3.82. The Morgan fingerprint density at radius 3 is 2.39 bits per heavy atom. The Bertz CT molecular complexity index is 1150. The normalized spacial score (nSPS) is 30.6. The summed E-state index contributed by atoms with van der Waals surface area (Å²) in [5, 5.41) is 15.9. The molecule has 10 heteroatoms. The number of anilines is 2. The monoisotopic (exact) mass is 492 g/mol. The van der Waals surface area contributed by atoms with E-state index in [4.69, 9.17) is 9.47 Å². The van der Waals surface area contributed by atoms with E-state index in [9.17, 15) is 10.1 Å². The fourth-order valence-corrected chi connectivity index (χ4v) is 7.79. The zero-order valence-electron chi connectivity index (χ0n) is 20.4. The Hall–Kier alpha value is -3.14. The van der Waals surface area contributed by atoms with Gasteiger partial charge in [0, 0.05) is 38.3 Å². The van der Waals surface area contributed by atoms with Crippen LogP contribution in [-0.4, -0.2) is 58.3 Å². The summed E-state index contributed by atoms with van der Waals surface area (Å²) in [5.74, 6) is 4.67. The van der Waals surface area contributed by atoms with Crippen LogP contribution in [0.5, 0.6) is 11.5 Å². The van der Waals surface area contributed by atoms with Crippen LogP contribution >= 0.6 is 0 Å². The van der Waals surface area contributed by atoms with Gasteiger partial charge in [-0.1, -0.05) is 6.07 Å². The van der Waals surface area contributed by atoms with Crippen molar-refractivity contribution in [2.24, 2.45) is 17.8 Å². The molecular formula is C26H32N6O4. The van der Waals surface area contributed by atoms with Crippen LogP contribution in [0.4, 0.5) is 17.3 Å². The van der Waals surface area contributed by atoms with Gasteiger partial charge >= 0.3 is 5.69 Å². The molecule has 36 heavy (non-hydrogen) atoms. The lowest BCUT2D eigenvalue weighted by atomic mass is 9.53. The second-order valence-electron chi connectivity index (χ2n) is 11.4. The molecule has 1 aromatic heterocycles. The second kappa shape index (κ2) is 8.47. The largest absolute Gasteiger partial charge is 0.454 e. The van der Waals surface area contributed by atoms with Crippen LogP contribution in [0.2, 0.25) is 0 Å². The SMILES string of the molecule is O=[N+]([O-])c1c(NC23CC4CC(CC(C4)C2)C3)ncnc1N1CCN(Cc2ccc3c(c2)OCO3)CC1. The van der Waals surface area contributed by atoms with Gasteiger partial charge in [0.1, 0.15) is 6.33 Å². The maximum absolute atomic E-state index is 12.3. The summed E-state index contributed by atoms with van der Waals surface area (Å²) in [7, 11) is 0. The average molecular weight is 493 g/mol. The van der Waals surface area contributed by atoms with Gasteiger partial charge in [0.05, 0.1) is 4.92 Å². The molecule has 190 valence electrons. The third kappa shape index (κ3) is 3.91. The lowest BCUT2D eigenvalue weighted by Crippen LogP contribution is -2.55. The van der Waals surface area contributed by atoms with E-state index in [-0.39, 0.29) is 22.9 Å². The van der Waals surface area contributed by atoms with Gasteiger partial charge in [-0.15, -0.1) is 0 Å². The number of rotatable bonds is 6. The van der Waals surface area contributed by atoms with Crippen molar-refractivity contribution in [2.75, 3.05) is 43.2 Å². The fraction of sp³-hybridized carbons (Fsp3) is 0.615. The summed E-state index contributed by atoms with van der Waals surface area (Å²) < 4.78 is 10.9. The molecule has 4 saturated carbocycles. The first kappa shape index (κ1) is 22.1.